The highest BCUT2D eigenvalue weighted by Gasteiger charge is 2.66. The van der Waals surface area contributed by atoms with E-state index in [2.05, 4.69) is 5.32 Å². The molecule has 2 rings (SSSR count). The molecular formula is C10H17F3N2. The van der Waals surface area contributed by atoms with Gasteiger partial charge < -0.3 is 5.32 Å². The van der Waals surface area contributed by atoms with E-state index in [0.717, 1.165) is 6.42 Å². The van der Waals surface area contributed by atoms with Gasteiger partial charge in [0.1, 0.15) is 5.54 Å². The van der Waals surface area contributed by atoms with Crippen molar-refractivity contribution in [2.45, 2.75) is 43.9 Å². The Hall–Kier alpha value is -0.290. The van der Waals surface area contributed by atoms with Crippen molar-refractivity contribution in [3.05, 3.63) is 0 Å². The quantitative estimate of drug-likeness (QED) is 0.727. The highest BCUT2D eigenvalue weighted by atomic mass is 19.4. The molecule has 88 valence electrons. The third-order valence-electron chi connectivity index (χ3n) is 3.56. The molecule has 0 aromatic carbocycles. The molecule has 2 fully saturated rings. The fourth-order valence-electron chi connectivity index (χ4n) is 2.33. The molecule has 0 bridgehead atoms. The van der Waals surface area contributed by atoms with Gasteiger partial charge in [0.05, 0.1) is 0 Å². The van der Waals surface area contributed by atoms with Crippen molar-refractivity contribution in [3.8, 4) is 0 Å². The van der Waals surface area contributed by atoms with Gasteiger partial charge in [0, 0.05) is 25.7 Å². The van der Waals surface area contributed by atoms with E-state index < -0.39 is 11.7 Å². The second-order valence-electron chi connectivity index (χ2n) is 4.66. The molecule has 2 aliphatic rings. The molecule has 15 heavy (non-hydrogen) atoms. The SMILES string of the molecule is CC1CCN(C2(C(F)(F)F)CC2)CCN1. The fourth-order valence-corrected chi connectivity index (χ4v) is 2.33. The first kappa shape index (κ1) is 11.2. The van der Waals surface area contributed by atoms with Crippen molar-refractivity contribution in [2.24, 2.45) is 0 Å². The van der Waals surface area contributed by atoms with Crippen molar-refractivity contribution in [3.63, 3.8) is 0 Å². The average Bonchev–Trinajstić information content (AvgIpc) is 2.86. The predicted octanol–water partition coefficient (Wildman–Crippen LogP) is 1.77. The van der Waals surface area contributed by atoms with E-state index in [9.17, 15) is 13.2 Å². The molecule has 1 heterocycles. The lowest BCUT2D eigenvalue weighted by Crippen LogP contribution is -2.49. The Balaban J connectivity index is 2.04. The van der Waals surface area contributed by atoms with E-state index >= 15 is 0 Å². The standard InChI is InChI=1S/C10H17F3N2/c1-8-2-6-15(7-5-14-8)9(3-4-9)10(11,12)13/h8,14H,2-7H2,1H3. The Morgan fingerprint density at radius 3 is 2.47 bits per heavy atom. The summed E-state index contributed by atoms with van der Waals surface area (Å²) in [5, 5.41) is 3.22. The van der Waals surface area contributed by atoms with Crippen LogP contribution in [0.1, 0.15) is 26.2 Å². The minimum atomic E-state index is -4.05. The van der Waals surface area contributed by atoms with Crippen LogP contribution < -0.4 is 5.32 Å². The van der Waals surface area contributed by atoms with Crippen LogP contribution in [0.3, 0.4) is 0 Å². The van der Waals surface area contributed by atoms with E-state index in [1.165, 1.54) is 0 Å². The molecule has 1 unspecified atom stereocenters. The molecule has 5 heteroatoms. The third kappa shape index (κ3) is 1.99. The Labute approximate surface area is 87.8 Å². The lowest BCUT2D eigenvalue weighted by molar-refractivity contribution is -0.195. The van der Waals surface area contributed by atoms with E-state index in [0.29, 0.717) is 25.7 Å². The predicted molar refractivity (Wildman–Crippen MR) is 51.7 cm³/mol. The number of hydrogen-bond acceptors (Lipinski definition) is 2. The number of rotatable bonds is 1. The molecule has 2 nitrogen and oxygen atoms in total. The molecule has 1 saturated heterocycles. The van der Waals surface area contributed by atoms with Crippen LogP contribution in [0.2, 0.25) is 0 Å². The third-order valence-corrected chi connectivity index (χ3v) is 3.56. The second-order valence-corrected chi connectivity index (χ2v) is 4.66. The number of halogens is 3. The molecule has 1 aliphatic carbocycles. The summed E-state index contributed by atoms with van der Waals surface area (Å²) < 4.78 is 38.5. The van der Waals surface area contributed by atoms with Gasteiger partial charge in [-0.15, -0.1) is 0 Å². The van der Waals surface area contributed by atoms with Gasteiger partial charge in [0.2, 0.25) is 0 Å². The van der Waals surface area contributed by atoms with Gasteiger partial charge in [-0.25, -0.2) is 0 Å². The van der Waals surface area contributed by atoms with Crippen LogP contribution in [-0.4, -0.2) is 42.3 Å². The Bertz CT molecular complexity index is 235. The van der Waals surface area contributed by atoms with Gasteiger partial charge in [0.25, 0.3) is 0 Å². The Morgan fingerprint density at radius 2 is 1.93 bits per heavy atom. The fraction of sp³-hybridized carbons (Fsp3) is 1.00. The molecule has 0 spiro atoms. The van der Waals surface area contributed by atoms with Gasteiger partial charge in [-0.3, -0.25) is 4.90 Å². The zero-order valence-corrected chi connectivity index (χ0v) is 8.90. The largest absolute Gasteiger partial charge is 0.406 e. The van der Waals surface area contributed by atoms with Gasteiger partial charge in [-0.2, -0.15) is 13.2 Å². The van der Waals surface area contributed by atoms with Crippen molar-refractivity contribution < 1.29 is 13.2 Å². The van der Waals surface area contributed by atoms with Crippen LogP contribution in [0, 0.1) is 0 Å². The first-order valence-corrected chi connectivity index (χ1v) is 5.51. The maximum absolute atomic E-state index is 12.8. The zero-order chi connectivity index (χ0) is 11.1. The highest BCUT2D eigenvalue weighted by molar-refractivity contribution is 5.09. The van der Waals surface area contributed by atoms with Crippen molar-refractivity contribution in [2.75, 3.05) is 19.6 Å². The number of nitrogens with zero attached hydrogens (tertiary/aromatic N) is 1. The van der Waals surface area contributed by atoms with Crippen LogP contribution in [0.25, 0.3) is 0 Å². The summed E-state index contributed by atoms with van der Waals surface area (Å²) in [5.41, 5.74) is -1.47. The molecule has 1 saturated carbocycles. The summed E-state index contributed by atoms with van der Waals surface area (Å²) in [6.07, 6.45) is -2.69. The van der Waals surface area contributed by atoms with Crippen LogP contribution >= 0.6 is 0 Å². The smallest absolute Gasteiger partial charge is 0.313 e. The van der Waals surface area contributed by atoms with E-state index in [1.807, 2.05) is 6.92 Å². The van der Waals surface area contributed by atoms with Crippen molar-refractivity contribution in [1.29, 1.82) is 0 Å². The first-order chi connectivity index (χ1) is 6.96. The average molecular weight is 222 g/mol. The van der Waals surface area contributed by atoms with Gasteiger partial charge >= 0.3 is 6.18 Å². The summed E-state index contributed by atoms with van der Waals surface area (Å²) >= 11 is 0. The first-order valence-electron chi connectivity index (χ1n) is 5.51. The van der Waals surface area contributed by atoms with E-state index in [1.54, 1.807) is 4.90 Å². The maximum Gasteiger partial charge on any atom is 0.406 e. The number of hydrogen-bond donors (Lipinski definition) is 1. The summed E-state index contributed by atoms with van der Waals surface area (Å²) in [4.78, 5) is 1.63. The van der Waals surface area contributed by atoms with Crippen molar-refractivity contribution in [1.82, 2.24) is 10.2 Å². The van der Waals surface area contributed by atoms with Crippen molar-refractivity contribution >= 4 is 0 Å². The number of alkyl halides is 3. The molecule has 1 aliphatic heterocycles. The summed E-state index contributed by atoms with van der Waals surface area (Å²) in [7, 11) is 0. The molecule has 1 atom stereocenters. The topological polar surface area (TPSA) is 15.3 Å². The molecule has 1 N–H and O–H groups in total. The highest BCUT2D eigenvalue weighted by Crippen LogP contribution is 2.53. The van der Waals surface area contributed by atoms with E-state index in [-0.39, 0.29) is 12.8 Å². The molecule has 0 aromatic heterocycles. The molecular weight excluding hydrogens is 205 g/mol. The van der Waals surface area contributed by atoms with E-state index in [4.69, 9.17) is 0 Å². The normalized spacial score (nSPS) is 32.4. The minimum absolute atomic E-state index is 0.283. The maximum atomic E-state index is 12.8. The lowest BCUT2D eigenvalue weighted by Gasteiger charge is -2.32. The number of nitrogens with one attached hydrogen (secondary N) is 1. The van der Waals surface area contributed by atoms with Gasteiger partial charge in [-0.1, -0.05) is 0 Å². The van der Waals surface area contributed by atoms with Gasteiger partial charge in [-0.05, 0) is 26.2 Å². The monoisotopic (exact) mass is 222 g/mol. The second kappa shape index (κ2) is 3.63. The van der Waals surface area contributed by atoms with Crippen LogP contribution in [0.15, 0.2) is 0 Å². The zero-order valence-electron chi connectivity index (χ0n) is 8.90. The van der Waals surface area contributed by atoms with Crippen LogP contribution in [0.4, 0.5) is 13.2 Å². The summed E-state index contributed by atoms with van der Waals surface area (Å²) in [5.74, 6) is 0. The van der Waals surface area contributed by atoms with Crippen LogP contribution in [-0.2, 0) is 0 Å². The van der Waals surface area contributed by atoms with Crippen LogP contribution in [0.5, 0.6) is 0 Å². The Kier molecular flexibility index (Phi) is 2.71. The lowest BCUT2D eigenvalue weighted by atomic mass is 10.2. The summed E-state index contributed by atoms with van der Waals surface area (Å²) in [6, 6.07) is 0.332. The Morgan fingerprint density at radius 1 is 1.27 bits per heavy atom. The summed E-state index contributed by atoms with van der Waals surface area (Å²) in [6.45, 7) is 3.77. The minimum Gasteiger partial charge on any atom is -0.313 e. The molecule has 0 radical (unpaired) electrons. The molecule has 0 amide bonds. The van der Waals surface area contributed by atoms with Gasteiger partial charge in [0.15, 0.2) is 0 Å². The molecule has 0 aromatic rings.